The summed E-state index contributed by atoms with van der Waals surface area (Å²) in [6.45, 7) is 7.19. The summed E-state index contributed by atoms with van der Waals surface area (Å²) in [6, 6.07) is 9.07. The molecule has 0 radical (unpaired) electrons. The molecule has 6 nitrogen and oxygen atoms in total. The molecule has 1 aromatic heterocycles. The van der Waals surface area contributed by atoms with Crippen molar-refractivity contribution in [2.24, 2.45) is 17.3 Å². The summed E-state index contributed by atoms with van der Waals surface area (Å²) < 4.78 is 14.0. The van der Waals surface area contributed by atoms with E-state index < -0.39 is 5.41 Å². The van der Waals surface area contributed by atoms with E-state index in [9.17, 15) is 19.1 Å². The van der Waals surface area contributed by atoms with Gasteiger partial charge in [0.1, 0.15) is 17.3 Å². The summed E-state index contributed by atoms with van der Waals surface area (Å²) in [7, 11) is 0. The maximum absolute atomic E-state index is 14.0. The first-order valence-electron chi connectivity index (χ1n) is 10.2. The molecule has 7 heteroatoms. The summed E-state index contributed by atoms with van der Waals surface area (Å²) in [5, 5.41) is 9.41. The third-order valence-electron chi connectivity index (χ3n) is 6.01. The number of carbonyl (C=O) groups excluding carboxylic acids is 2. The van der Waals surface area contributed by atoms with Gasteiger partial charge in [0.05, 0.1) is 12.2 Å². The highest BCUT2D eigenvalue weighted by Gasteiger charge is 2.51. The summed E-state index contributed by atoms with van der Waals surface area (Å²) >= 11 is 0. The molecule has 0 saturated carbocycles. The van der Waals surface area contributed by atoms with Crippen molar-refractivity contribution in [1.82, 2.24) is 14.8 Å². The number of nitrogens with zero attached hydrogens (tertiary/aromatic N) is 3. The lowest BCUT2D eigenvalue weighted by atomic mass is 9.88. The van der Waals surface area contributed by atoms with E-state index in [4.69, 9.17) is 0 Å². The highest BCUT2D eigenvalue weighted by molar-refractivity contribution is 5.92. The average molecular weight is 411 g/mol. The van der Waals surface area contributed by atoms with E-state index in [1.807, 2.05) is 31.7 Å². The topological polar surface area (TPSA) is 73.7 Å². The quantitative estimate of drug-likeness (QED) is 0.823. The zero-order valence-electron chi connectivity index (χ0n) is 17.4. The molecule has 2 amide bonds. The Morgan fingerprint density at radius 1 is 1.13 bits per heavy atom. The molecule has 158 valence electrons. The van der Waals surface area contributed by atoms with Crippen LogP contribution < -0.4 is 0 Å². The number of fused-ring (bicyclic) bond motifs is 1. The summed E-state index contributed by atoms with van der Waals surface area (Å²) in [5.74, 6) is -0.351. The smallest absolute Gasteiger partial charge is 0.272 e. The van der Waals surface area contributed by atoms with Crippen molar-refractivity contribution >= 4 is 11.8 Å². The lowest BCUT2D eigenvalue weighted by Gasteiger charge is -2.34. The minimum Gasteiger partial charge on any atom is -0.506 e. The van der Waals surface area contributed by atoms with Crippen molar-refractivity contribution in [3.05, 3.63) is 59.7 Å². The minimum atomic E-state index is -0.546. The summed E-state index contributed by atoms with van der Waals surface area (Å²) in [5.41, 5.74) is 0.491. The van der Waals surface area contributed by atoms with Crippen molar-refractivity contribution in [3.8, 4) is 5.75 Å². The molecule has 2 saturated heterocycles. The number of benzene rings is 1. The molecule has 1 N–H and O–H groups in total. The minimum absolute atomic E-state index is 0.00680. The molecule has 2 aromatic rings. The third-order valence-corrected chi connectivity index (χ3v) is 6.01. The van der Waals surface area contributed by atoms with Crippen molar-refractivity contribution in [1.29, 1.82) is 0 Å². The van der Waals surface area contributed by atoms with Crippen LogP contribution in [0.25, 0.3) is 0 Å². The van der Waals surface area contributed by atoms with E-state index in [0.29, 0.717) is 19.6 Å². The SMILES string of the molecule is CC(C)(C)C(=O)N1C[C@@H]2CN(C(=O)c3ccc(O)cn3)C[C@@H]2[C@H]1c1cccc(F)c1. The monoisotopic (exact) mass is 411 g/mol. The maximum atomic E-state index is 14.0. The van der Waals surface area contributed by atoms with Gasteiger partial charge in [0, 0.05) is 36.9 Å². The Morgan fingerprint density at radius 3 is 2.53 bits per heavy atom. The molecule has 1 aromatic carbocycles. The van der Waals surface area contributed by atoms with Crippen molar-refractivity contribution in [2.45, 2.75) is 26.8 Å². The number of aromatic hydroxyl groups is 1. The van der Waals surface area contributed by atoms with Crippen LogP contribution in [0.5, 0.6) is 5.75 Å². The van der Waals surface area contributed by atoms with Gasteiger partial charge in [-0.05, 0) is 29.8 Å². The molecule has 3 atom stereocenters. The number of rotatable bonds is 2. The van der Waals surface area contributed by atoms with Gasteiger partial charge >= 0.3 is 0 Å². The number of hydrogen-bond acceptors (Lipinski definition) is 4. The number of aromatic nitrogens is 1. The number of likely N-dealkylation sites (tertiary alicyclic amines) is 2. The van der Waals surface area contributed by atoms with Gasteiger partial charge < -0.3 is 14.9 Å². The van der Waals surface area contributed by atoms with E-state index in [0.717, 1.165) is 5.56 Å². The predicted molar refractivity (Wildman–Crippen MR) is 109 cm³/mol. The molecule has 2 fully saturated rings. The zero-order valence-corrected chi connectivity index (χ0v) is 17.4. The van der Waals surface area contributed by atoms with Gasteiger partial charge in [0.25, 0.3) is 5.91 Å². The Balaban J connectivity index is 1.62. The van der Waals surface area contributed by atoms with Crippen LogP contribution in [-0.4, -0.2) is 51.3 Å². The average Bonchev–Trinajstić information content (AvgIpc) is 3.24. The predicted octanol–water partition coefficient (Wildman–Crippen LogP) is 3.24. The Hall–Kier alpha value is -2.96. The molecule has 0 unspecified atom stereocenters. The molecule has 4 rings (SSSR count). The fraction of sp³-hybridized carbons (Fsp3) is 0.435. The van der Waals surface area contributed by atoms with Gasteiger partial charge in [-0.25, -0.2) is 9.37 Å². The van der Waals surface area contributed by atoms with Crippen molar-refractivity contribution in [2.75, 3.05) is 19.6 Å². The second kappa shape index (κ2) is 7.38. The normalized spacial score (nSPS) is 23.5. The van der Waals surface area contributed by atoms with Crippen LogP contribution in [0, 0.1) is 23.1 Å². The summed E-state index contributed by atoms with van der Waals surface area (Å²) in [6.07, 6.45) is 1.25. The second-order valence-corrected chi connectivity index (χ2v) is 9.24. The lowest BCUT2D eigenvalue weighted by Crippen LogP contribution is -2.42. The highest BCUT2D eigenvalue weighted by atomic mass is 19.1. The van der Waals surface area contributed by atoms with Crippen LogP contribution in [0.4, 0.5) is 4.39 Å². The van der Waals surface area contributed by atoms with Gasteiger partial charge in [-0.15, -0.1) is 0 Å². The molecule has 0 spiro atoms. The molecule has 0 aliphatic carbocycles. The Kier molecular flexibility index (Phi) is 5.00. The summed E-state index contributed by atoms with van der Waals surface area (Å²) in [4.78, 5) is 33.7. The van der Waals surface area contributed by atoms with Gasteiger partial charge in [-0.1, -0.05) is 32.9 Å². The largest absolute Gasteiger partial charge is 0.506 e. The number of pyridine rings is 1. The Bertz CT molecular complexity index is 970. The van der Waals surface area contributed by atoms with Gasteiger partial charge in [-0.2, -0.15) is 0 Å². The van der Waals surface area contributed by atoms with E-state index in [1.54, 1.807) is 11.0 Å². The molecule has 3 heterocycles. The van der Waals surface area contributed by atoms with Gasteiger partial charge in [0.15, 0.2) is 0 Å². The van der Waals surface area contributed by atoms with Crippen LogP contribution >= 0.6 is 0 Å². The number of hydrogen-bond donors (Lipinski definition) is 1. The number of amides is 2. The van der Waals surface area contributed by atoms with Crippen molar-refractivity contribution < 1.29 is 19.1 Å². The first kappa shape index (κ1) is 20.3. The maximum Gasteiger partial charge on any atom is 0.272 e. The van der Waals surface area contributed by atoms with Crippen molar-refractivity contribution in [3.63, 3.8) is 0 Å². The van der Waals surface area contributed by atoms with Crippen LogP contribution in [0.3, 0.4) is 0 Å². The highest BCUT2D eigenvalue weighted by Crippen LogP contribution is 2.46. The van der Waals surface area contributed by atoms with E-state index in [2.05, 4.69) is 4.98 Å². The molecular formula is C23H26FN3O3. The Morgan fingerprint density at radius 2 is 1.90 bits per heavy atom. The first-order chi connectivity index (χ1) is 14.1. The van der Waals surface area contributed by atoms with Gasteiger partial charge in [0.2, 0.25) is 5.91 Å². The molecule has 2 aliphatic rings. The van der Waals surface area contributed by atoms with Gasteiger partial charge in [-0.3, -0.25) is 9.59 Å². The lowest BCUT2D eigenvalue weighted by molar-refractivity contribution is -0.141. The number of carbonyl (C=O) groups is 2. The second-order valence-electron chi connectivity index (χ2n) is 9.24. The van der Waals surface area contributed by atoms with E-state index in [1.165, 1.54) is 30.5 Å². The van der Waals surface area contributed by atoms with E-state index in [-0.39, 0.29) is 47.0 Å². The Labute approximate surface area is 175 Å². The van der Waals surface area contributed by atoms with E-state index >= 15 is 0 Å². The molecular weight excluding hydrogens is 385 g/mol. The standard InChI is InChI=1S/C23H26FN3O3/c1-23(2,3)22(30)27-12-15-11-26(21(29)19-8-7-17(28)10-25-19)13-18(15)20(27)14-5-4-6-16(24)9-14/h4-10,15,18,20,28H,11-13H2,1-3H3/t15-,18-,20+/m0/s1. The molecule has 30 heavy (non-hydrogen) atoms. The third kappa shape index (κ3) is 3.64. The zero-order chi connectivity index (χ0) is 21.6. The molecule has 2 aliphatic heterocycles. The van der Waals surface area contributed by atoms with Crippen LogP contribution in [-0.2, 0) is 4.79 Å². The first-order valence-corrected chi connectivity index (χ1v) is 10.2. The fourth-order valence-corrected chi connectivity index (χ4v) is 4.64. The van der Waals surface area contributed by atoms with Crippen LogP contribution in [0.2, 0.25) is 0 Å². The van der Waals surface area contributed by atoms with Crippen LogP contribution in [0.15, 0.2) is 42.6 Å². The number of halogens is 1. The van der Waals surface area contributed by atoms with Crippen LogP contribution in [0.1, 0.15) is 42.9 Å². The fourth-order valence-electron chi connectivity index (χ4n) is 4.64. The molecule has 0 bridgehead atoms.